The lowest BCUT2D eigenvalue weighted by Gasteiger charge is -2.20. The number of alkyl halides is 3. The maximum atomic E-state index is 12.5. The van der Waals surface area contributed by atoms with Crippen LogP contribution in [0.2, 0.25) is 5.02 Å². The molecule has 9 heteroatoms. The Balaban J connectivity index is 3.33. The van der Waals surface area contributed by atoms with Crippen LogP contribution >= 0.6 is 11.6 Å². The number of halogens is 4. The molecule has 0 fully saturated rings. The summed E-state index contributed by atoms with van der Waals surface area (Å²) in [5.74, 6) is 0. The molecule has 0 spiro atoms. The first kappa shape index (κ1) is 15.1. The Labute approximate surface area is 108 Å². The van der Waals surface area contributed by atoms with Gasteiger partial charge in [0.1, 0.15) is 0 Å². The molecule has 0 aromatic heterocycles. The molecule has 0 saturated carbocycles. The Hall–Kier alpha value is -0.990. The van der Waals surface area contributed by atoms with E-state index in [4.69, 9.17) is 11.6 Å². The molecule has 102 valence electrons. The van der Waals surface area contributed by atoms with Crippen molar-refractivity contribution in [2.24, 2.45) is 0 Å². The molecule has 4 nitrogen and oxygen atoms in total. The molecule has 0 heterocycles. The standard InChI is InChI=1S/C9H10ClF3N2O2S/c1-14-18(16,17)15(2)8-5-6(9(11,12)13)3-4-7(8)10/h3-5,14H,1-2H3. The lowest BCUT2D eigenvalue weighted by Crippen LogP contribution is -2.36. The predicted molar refractivity (Wildman–Crippen MR) is 62.8 cm³/mol. The van der Waals surface area contributed by atoms with Crippen LogP contribution in [0.4, 0.5) is 18.9 Å². The molecule has 0 amide bonds. The Kier molecular flexibility index (Phi) is 4.14. The van der Waals surface area contributed by atoms with Crippen LogP contribution in [-0.2, 0) is 16.4 Å². The number of nitrogens with one attached hydrogen (secondary N) is 1. The van der Waals surface area contributed by atoms with Gasteiger partial charge in [0.05, 0.1) is 16.3 Å². The Morgan fingerprint density at radius 1 is 1.33 bits per heavy atom. The van der Waals surface area contributed by atoms with Crippen molar-refractivity contribution in [2.45, 2.75) is 6.18 Å². The zero-order chi connectivity index (χ0) is 14.1. The molecular formula is C9H10ClF3N2O2S. The highest BCUT2D eigenvalue weighted by molar-refractivity contribution is 7.90. The fourth-order valence-corrected chi connectivity index (χ4v) is 2.18. The van der Waals surface area contributed by atoms with E-state index < -0.39 is 21.9 Å². The van der Waals surface area contributed by atoms with Crippen molar-refractivity contribution in [1.82, 2.24) is 4.72 Å². The largest absolute Gasteiger partial charge is 0.416 e. The van der Waals surface area contributed by atoms with E-state index in [2.05, 4.69) is 0 Å². The maximum absolute atomic E-state index is 12.5. The van der Waals surface area contributed by atoms with Crippen molar-refractivity contribution in [2.75, 3.05) is 18.4 Å². The number of hydrogen-bond acceptors (Lipinski definition) is 2. The fourth-order valence-electron chi connectivity index (χ4n) is 1.20. The maximum Gasteiger partial charge on any atom is 0.416 e. The highest BCUT2D eigenvalue weighted by Crippen LogP contribution is 2.35. The van der Waals surface area contributed by atoms with Crippen molar-refractivity contribution in [3.05, 3.63) is 28.8 Å². The molecule has 0 unspecified atom stereocenters. The molecule has 1 aromatic rings. The van der Waals surface area contributed by atoms with Gasteiger partial charge in [-0.05, 0) is 18.2 Å². The Bertz CT molecular complexity index is 545. The van der Waals surface area contributed by atoms with Crippen LogP contribution in [0.25, 0.3) is 0 Å². The van der Waals surface area contributed by atoms with Gasteiger partial charge in [-0.1, -0.05) is 11.6 Å². The van der Waals surface area contributed by atoms with Crippen LogP contribution in [0, 0.1) is 0 Å². The molecule has 1 rings (SSSR count). The summed E-state index contributed by atoms with van der Waals surface area (Å²) < 4.78 is 63.1. The number of rotatable bonds is 3. The molecule has 1 N–H and O–H groups in total. The van der Waals surface area contributed by atoms with Crippen molar-refractivity contribution in [3.63, 3.8) is 0 Å². The summed E-state index contributed by atoms with van der Waals surface area (Å²) in [6.45, 7) is 0. The van der Waals surface area contributed by atoms with Crippen LogP contribution in [-0.4, -0.2) is 22.5 Å². The van der Waals surface area contributed by atoms with Crippen LogP contribution in [0.3, 0.4) is 0 Å². The van der Waals surface area contributed by atoms with Crippen LogP contribution in [0.1, 0.15) is 5.56 Å². The van der Waals surface area contributed by atoms with Gasteiger partial charge in [0, 0.05) is 14.1 Å². The lowest BCUT2D eigenvalue weighted by atomic mass is 10.2. The average molecular weight is 303 g/mol. The molecule has 0 radical (unpaired) electrons. The lowest BCUT2D eigenvalue weighted by molar-refractivity contribution is -0.137. The third kappa shape index (κ3) is 3.06. The minimum absolute atomic E-state index is 0.0932. The van der Waals surface area contributed by atoms with Crippen molar-refractivity contribution >= 4 is 27.5 Å². The first-order valence-electron chi connectivity index (χ1n) is 4.63. The summed E-state index contributed by atoms with van der Waals surface area (Å²) in [4.78, 5) is 0. The molecular weight excluding hydrogens is 293 g/mol. The number of benzene rings is 1. The second-order valence-electron chi connectivity index (χ2n) is 3.34. The summed E-state index contributed by atoms with van der Waals surface area (Å²) in [5.41, 5.74) is -1.22. The van der Waals surface area contributed by atoms with Crippen molar-refractivity contribution in [3.8, 4) is 0 Å². The van der Waals surface area contributed by atoms with Gasteiger partial charge in [-0.3, -0.25) is 4.31 Å². The predicted octanol–water partition coefficient (Wildman–Crippen LogP) is 2.26. The summed E-state index contributed by atoms with van der Waals surface area (Å²) in [6, 6.07) is 2.46. The average Bonchev–Trinajstić information content (AvgIpc) is 2.27. The third-order valence-corrected chi connectivity index (χ3v) is 3.98. The van der Waals surface area contributed by atoms with Gasteiger partial charge < -0.3 is 0 Å². The zero-order valence-corrected chi connectivity index (χ0v) is 11.0. The fraction of sp³-hybridized carbons (Fsp3) is 0.333. The van der Waals surface area contributed by atoms with Gasteiger partial charge in [-0.2, -0.15) is 21.6 Å². The minimum Gasteiger partial charge on any atom is -0.259 e. The molecule has 0 aliphatic heterocycles. The monoisotopic (exact) mass is 302 g/mol. The highest BCUT2D eigenvalue weighted by Gasteiger charge is 2.32. The summed E-state index contributed by atoms with van der Waals surface area (Å²) >= 11 is 5.70. The zero-order valence-electron chi connectivity index (χ0n) is 9.42. The quantitative estimate of drug-likeness (QED) is 0.931. The van der Waals surface area contributed by atoms with E-state index >= 15 is 0 Å². The highest BCUT2D eigenvalue weighted by atomic mass is 35.5. The SMILES string of the molecule is CNS(=O)(=O)N(C)c1cc(C(F)(F)F)ccc1Cl. The molecule has 0 aliphatic rings. The second kappa shape index (κ2) is 4.94. The van der Waals surface area contributed by atoms with E-state index in [1.807, 2.05) is 4.72 Å². The summed E-state index contributed by atoms with van der Waals surface area (Å²) in [5, 5.41) is -0.0932. The number of hydrogen-bond donors (Lipinski definition) is 1. The normalized spacial score (nSPS) is 12.6. The van der Waals surface area contributed by atoms with Crippen molar-refractivity contribution < 1.29 is 21.6 Å². The Morgan fingerprint density at radius 2 is 1.89 bits per heavy atom. The van der Waals surface area contributed by atoms with Gasteiger partial charge in [-0.25, -0.2) is 4.72 Å². The van der Waals surface area contributed by atoms with E-state index in [0.29, 0.717) is 10.4 Å². The van der Waals surface area contributed by atoms with Crippen LogP contribution in [0.5, 0.6) is 0 Å². The van der Waals surface area contributed by atoms with Gasteiger partial charge in [0.25, 0.3) is 0 Å². The van der Waals surface area contributed by atoms with E-state index in [1.165, 1.54) is 0 Å². The molecule has 1 aromatic carbocycles. The number of nitrogens with zero attached hydrogens (tertiary/aromatic N) is 1. The minimum atomic E-state index is -4.57. The van der Waals surface area contributed by atoms with E-state index in [1.54, 1.807) is 0 Å². The molecule has 0 aliphatic carbocycles. The summed E-state index contributed by atoms with van der Waals surface area (Å²) in [6.07, 6.45) is -4.57. The van der Waals surface area contributed by atoms with Crippen LogP contribution in [0.15, 0.2) is 18.2 Å². The van der Waals surface area contributed by atoms with Gasteiger partial charge in [0.15, 0.2) is 0 Å². The van der Waals surface area contributed by atoms with Gasteiger partial charge in [-0.15, -0.1) is 0 Å². The molecule has 0 atom stereocenters. The van der Waals surface area contributed by atoms with E-state index in [0.717, 1.165) is 26.2 Å². The molecule has 18 heavy (non-hydrogen) atoms. The van der Waals surface area contributed by atoms with Crippen LogP contribution < -0.4 is 9.03 Å². The molecule has 0 bridgehead atoms. The Morgan fingerprint density at radius 3 is 2.33 bits per heavy atom. The first-order valence-corrected chi connectivity index (χ1v) is 6.45. The first-order chi connectivity index (χ1) is 8.09. The second-order valence-corrected chi connectivity index (χ2v) is 5.65. The van der Waals surface area contributed by atoms with E-state index in [-0.39, 0.29) is 10.7 Å². The summed E-state index contributed by atoms with van der Waals surface area (Å²) in [7, 11) is -1.65. The third-order valence-electron chi connectivity index (χ3n) is 2.23. The van der Waals surface area contributed by atoms with Gasteiger partial charge in [0.2, 0.25) is 0 Å². The molecule has 0 saturated heterocycles. The van der Waals surface area contributed by atoms with Crippen molar-refractivity contribution in [1.29, 1.82) is 0 Å². The number of anilines is 1. The topological polar surface area (TPSA) is 49.4 Å². The van der Waals surface area contributed by atoms with E-state index in [9.17, 15) is 21.6 Å². The smallest absolute Gasteiger partial charge is 0.259 e. The van der Waals surface area contributed by atoms with Gasteiger partial charge >= 0.3 is 16.4 Å².